The van der Waals surface area contributed by atoms with Crippen LogP contribution in [0.5, 0.6) is 0 Å². The molecule has 1 rings (SSSR count). The minimum atomic E-state index is -0.338. The van der Waals surface area contributed by atoms with Crippen LogP contribution in [0, 0.1) is 0 Å². The van der Waals surface area contributed by atoms with E-state index in [0.717, 1.165) is 0 Å². The summed E-state index contributed by atoms with van der Waals surface area (Å²) in [5, 5.41) is 3.53. The maximum Gasteiger partial charge on any atom is 0.250 e. The van der Waals surface area contributed by atoms with Gasteiger partial charge in [0.15, 0.2) is 0 Å². The van der Waals surface area contributed by atoms with Crippen LogP contribution in [0.4, 0.5) is 5.69 Å². The summed E-state index contributed by atoms with van der Waals surface area (Å²) in [6.07, 6.45) is 0. The maximum atomic E-state index is 11.5. The van der Waals surface area contributed by atoms with Crippen molar-refractivity contribution in [3.63, 3.8) is 0 Å². The maximum absolute atomic E-state index is 11.5. The number of hydrogen-bond acceptors (Lipinski definition) is 2. The molecule has 0 aliphatic carbocycles. The third-order valence-electron chi connectivity index (χ3n) is 1.84. The average Bonchev–Trinajstić information content (AvgIpc) is 2.20. The zero-order chi connectivity index (χ0) is 13.1. The largest absolute Gasteiger partial charge is 0.366 e. The number of amides is 1. The van der Waals surface area contributed by atoms with E-state index in [9.17, 15) is 4.79 Å². The average molecular weight is 276 g/mol. The van der Waals surface area contributed by atoms with Crippen molar-refractivity contribution in [1.29, 1.82) is 0 Å². The number of nitrogens with one attached hydrogen (secondary N) is 1. The molecule has 0 aliphatic rings. The van der Waals surface area contributed by atoms with Crippen molar-refractivity contribution < 1.29 is 9.53 Å². The number of carbonyl (C=O) groups excluding carboxylic acids is 1. The fraction of sp³-hybridized carbons (Fsp3) is 0.417. The minimum Gasteiger partial charge on any atom is -0.366 e. The van der Waals surface area contributed by atoms with E-state index in [1.807, 2.05) is 20.8 Å². The minimum absolute atomic E-state index is 0.00372. The van der Waals surface area contributed by atoms with Crippen molar-refractivity contribution in [2.45, 2.75) is 26.4 Å². The van der Waals surface area contributed by atoms with Crippen LogP contribution in [0.2, 0.25) is 10.0 Å². The summed E-state index contributed by atoms with van der Waals surface area (Å²) in [4.78, 5) is 11.5. The fourth-order valence-electron chi connectivity index (χ4n) is 1.05. The molecule has 0 aliphatic heterocycles. The van der Waals surface area contributed by atoms with Crippen molar-refractivity contribution >= 4 is 34.8 Å². The molecule has 0 heterocycles. The van der Waals surface area contributed by atoms with Gasteiger partial charge in [0.25, 0.3) is 0 Å². The van der Waals surface area contributed by atoms with Gasteiger partial charge in [-0.05, 0) is 39.0 Å². The second-order valence-corrected chi connectivity index (χ2v) is 5.39. The molecule has 0 saturated carbocycles. The van der Waals surface area contributed by atoms with Crippen molar-refractivity contribution in [3.05, 3.63) is 28.2 Å². The zero-order valence-corrected chi connectivity index (χ0v) is 11.5. The van der Waals surface area contributed by atoms with E-state index in [-0.39, 0.29) is 18.1 Å². The normalized spacial score (nSPS) is 11.4. The van der Waals surface area contributed by atoms with Crippen LogP contribution in [0.1, 0.15) is 20.8 Å². The van der Waals surface area contributed by atoms with E-state index in [2.05, 4.69) is 5.32 Å². The molecule has 0 spiro atoms. The van der Waals surface area contributed by atoms with Crippen molar-refractivity contribution in [3.8, 4) is 0 Å². The Morgan fingerprint density at radius 1 is 1.29 bits per heavy atom. The molecule has 0 aromatic heterocycles. The van der Waals surface area contributed by atoms with Gasteiger partial charge in [0.1, 0.15) is 6.61 Å². The Morgan fingerprint density at radius 2 is 1.94 bits per heavy atom. The standard InChI is InChI=1S/C12H15Cl2NO2/c1-12(2,3)17-7-11(16)15-8-4-5-9(13)10(14)6-8/h4-6H,7H2,1-3H3,(H,15,16). The third-order valence-corrected chi connectivity index (χ3v) is 2.58. The van der Waals surface area contributed by atoms with Gasteiger partial charge in [-0.15, -0.1) is 0 Å². The molecule has 0 saturated heterocycles. The summed E-state index contributed by atoms with van der Waals surface area (Å²) in [6.45, 7) is 5.67. The third kappa shape index (κ3) is 5.39. The molecule has 0 unspecified atom stereocenters. The van der Waals surface area contributed by atoms with Crippen LogP contribution < -0.4 is 5.32 Å². The lowest BCUT2D eigenvalue weighted by Gasteiger charge is -2.19. The van der Waals surface area contributed by atoms with Gasteiger partial charge in [-0.3, -0.25) is 4.79 Å². The molecule has 0 radical (unpaired) electrons. The summed E-state index contributed by atoms with van der Waals surface area (Å²) in [6, 6.07) is 4.91. The molecular formula is C12H15Cl2NO2. The molecule has 1 aromatic carbocycles. The van der Waals surface area contributed by atoms with Gasteiger partial charge in [-0.25, -0.2) is 0 Å². The highest BCUT2D eigenvalue weighted by atomic mass is 35.5. The monoisotopic (exact) mass is 275 g/mol. The Kier molecular flexibility index (Phi) is 4.80. The molecule has 0 fully saturated rings. The highest BCUT2D eigenvalue weighted by Gasteiger charge is 2.13. The van der Waals surface area contributed by atoms with Crippen LogP contribution in [-0.4, -0.2) is 18.1 Å². The molecule has 5 heteroatoms. The zero-order valence-electron chi connectivity index (χ0n) is 10.0. The number of carbonyl (C=O) groups is 1. The Labute approximate surface area is 111 Å². The molecule has 1 amide bonds. The first-order valence-electron chi connectivity index (χ1n) is 5.17. The summed E-state index contributed by atoms with van der Waals surface area (Å²) in [5.41, 5.74) is 0.261. The first-order valence-corrected chi connectivity index (χ1v) is 5.92. The van der Waals surface area contributed by atoms with Gasteiger partial charge in [-0.2, -0.15) is 0 Å². The molecule has 0 bridgehead atoms. The molecule has 1 aromatic rings. The lowest BCUT2D eigenvalue weighted by atomic mass is 10.2. The van der Waals surface area contributed by atoms with Crippen LogP contribution >= 0.6 is 23.2 Å². The van der Waals surface area contributed by atoms with E-state index in [1.54, 1.807) is 18.2 Å². The fourth-order valence-corrected chi connectivity index (χ4v) is 1.35. The summed E-state index contributed by atoms with van der Waals surface area (Å²) >= 11 is 11.6. The van der Waals surface area contributed by atoms with Crippen molar-refractivity contribution in [2.75, 3.05) is 11.9 Å². The number of anilines is 1. The number of hydrogen-bond donors (Lipinski definition) is 1. The Hall–Kier alpha value is -0.770. The number of rotatable bonds is 3. The molecule has 17 heavy (non-hydrogen) atoms. The van der Waals surface area contributed by atoms with E-state index < -0.39 is 0 Å². The summed E-state index contributed by atoms with van der Waals surface area (Å²) < 4.78 is 5.35. The van der Waals surface area contributed by atoms with Gasteiger partial charge in [0.2, 0.25) is 5.91 Å². The Bertz CT molecular complexity index is 413. The predicted octanol–water partition coefficient (Wildman–Crippen LogP) is 3.75. The molecule has 3 nitrogen and oxygen atoms in total. The van der Waals surface area contributed by atoms with Crippen molar-refractivity contribution in [2.24, 2.45) is 0 Å². The highest BCUT2D eigenvalue weighted by Crippen LogP contribution is 2.24. The van der Waals surface area contributed by atoms with E-state index >= 15 is 0 Å². The predicted molar refractivity (Wildman–Crippen MR) is 70.8 cm³/mol. The van der Waals surface area contributed by atoms with Crippen molar-refractivity contribution in [1.82, 2.24) is 0 Å². The van der Waals surface area contributed by atoms with E-state index in [0.29, 0.717) is 15.7 Å². The lowest BCUT2D eigenvalue weighted by molar-refractivity contribution is -0.125. The summed E-state index contributed by atoms with van der Waals surface area (Å²) in [7, 11) is 0. The molecular weight excluding hydrogens is 261 g/mol. The van der Waals surface area contributed by atoms with Gasteiger partial charge in [-0.1, -0.05) is 23.2 Å². The SMILES string of the molecule is CC(C)(C)OCC(=O)Nc1ccc(Cl)c(Cl)c1. The van der Waals surface area contributed by atoms with Gasteiger partial charge >= 0.3 is 0 Å². The second kappa shape index (κ2) is 5.71. The number of ether oxygens (including phenoxy) is 1. The van der Waals surface area contributed by atoms with E-state index in [1.165, 1.54) is 0 Å². The van der Waals surface area contributed by atoms with Crippen LogP contribution in [0.25, 0.3) is 0 Å². The number of halogens is 2. The number of benzene rings is 1. The van der Waals surface area contributed by atoms with Gasteiger partial charge in [0, 0.05) is 5.69 Å². The molecule has 0 atom stereocenters. The second-order valence-electron chi connectivity index (χ2n) is 4.58. The lowest BCUT2D eigenvalue weighted by Crippen LogP contribution is -2.27. The molecule has 94 valence electrons. The Morgan fingerprint density at radius 3 is 2.47 bits per heavy atom. The van der Waals surface area contributed by atoms with Gasteiger partial charge < -0.3 is 10.1 Å². The van der Waals surface area contributed by atoms with Crippen LogP contribution in [0.3, 0.4) is 0 Å². The van der Waals surface area contributed by atoms with E-state index in [4.69, 9.17) is 27.9 Å². The highest BCUT2D eigenvalue weighted by molar-refractivity contribution is 6.42. The van der Waals surface area contributed by atoms with Gasteiger partial charge in [0.05, 0.1) is 15.6 Å². The topological polar surface area (TPSA) is 38.3 Å². The summed E-state index contributed by atoms with van der Waals surface area (Å²) in [5.74, 6) is -0.224. The van der Waals surface area contributed by atoms with Crippen LogP contribution in [0.15, 0.2) is 18.2 Å². The van der Waals surface area contributed by atoms with Crippen LogP contribution in [-0.2, 0) is 9.53 Å². The smallest absolute Gasteiger partial charge is 0.250 e. The first kappa shape index (κ1) is 14.3. The Balaban J connectivity index is 2.54. The molecule has 1 N–H and O–H groups in total. The first-order chi connectivity index (χ1) is 7.78. The quantitative estimate of drug-likeness (QED) is 0.913.